The van der Waals surface area contributed by atoms with E-state index in [1.54, 1.807) is 49.6 Å². The molecule has 0 saturated heterocycles. The van der Waals surface area contributed by atoms with E-state index in [4.69, 9.17) is 23.6 Å². The van der Waals surface area contributed by atoms with Crippen LogP contribution < -0.4 is 19.8 Å². The predicted octanol–water partition coefficient (Wildman–Crippen LogP) is 8.34. The van der Waals surface area contributed by atoms with Crippen LogP contribution in [0.2, 0.25) is 0 Å². The van der Waals surface area contributed by atoms with Crippen molar-refractivity contribution in [3.63, 3.8) is 0 Å². The third-order valence-electron chi connectivity index (χ3n) is 6.78. The van der Waals surface area contributed by atoms with Gasteiger partial charge in [-0.3, -0.25) is 4.79 Å². The van der Waals surface area contributed by atoms with Gasteiger partial charge in [-0.05, 0) is 92.9 Å². The zero-order chi connectivity index (χ0) is 30.8. The number of aromatic nitrogens is 2. The lowest BCUT2D eigenvalue weighted by Gasteiger charge is -2.16. The van der Waals surface area contributed by atoms with Crippen LogP contribution in [0.25, 0.3) is 33.5 Å². The molecule has 0 unspecified atom stereocenters. The van der Waals surface area contributed by atoms with E-state index in [0.29, 0.717) is 60.6 Å². The van der Waals surface area contributed by atoms with Crippen molar-refractivity contribution in [1.82, 2.24) is 9.66 Å². The molecule has 0 aliphatic carbocycles. The van der Waals surface area contributed by atoms with Crippen LogP contribution in [0.15, 0.2) is 102 Å². The molecular formula is C33H24Br2FN3O5. The van der Waals surface area contributed by atoms with Crippen LogP contribution >= 0.6 is 31.9 Å². The fourth-order valence-electron chi connectivity index (χ4n) is 4.66. The first-order chi connectivity index (χ1) is 21.4. The molecular weight excluding hydrogens is 697 g/mol. The molecule has 8 nitrogen and oxygen atoms in total. The number of para-hydroxylation sites is 1. The summed E-state index contributed by atoms with van der Waals surface area (Å²) in [5, 5.41) is 5.74. The molecule has 6 aromatic rings. The molecule has 0 N–H and O–H groups in total. The van der Waals surface area contributed by atoms with Gasteiger partial charge in [-0.1, -0.05) is 30.3 Å². The quantitative estimate of drug-likeness (QED) is 0.140. The number of fused-ring (bicyclic) bond motifs is 2. The Morgan fingerprint density at radius 3 is 2.52 bits per heavy atom. The van der Waals surface area contributed by atoms with Crippen molar-refractivity contribution in [2.45, 2.75) is 13.5 Å². The number of methoxy groups -OCH3 is 1. The second-order valence-electron chi connectivity index (χ2n) is 9.57. The van der Waals surface area contributed by atoms with Gasteiger partial charge >= 0.3 is 0 Å². The molecule has 0 amide bonds. The van der Waals surface area contributed by atoms with Crippen molar-refractivity contribution in [1.29, 1.82) is 0 Å². The summed E-state index contributed by atoms with van der Waals surface area (Å²) in [6.07, 6.45) is 1.53. The van der Waals surface area contributed by atoms with Crippen molar-refractivity contribution in [3.8, 4) is 28.8 Å². The van der Waals surface area contributed by atoms with Gasteiger partial charge in [-0.25, -0.2) is 9.37 Å². The van der Waals surface area contributed by atoms with E-state index in [1.165, 1.54) is 23.0 Å². The number of hydrogen-bond donors (Lipinski definition) is 0. The molecule has 11 heteroatoms. The van der Waals surface area contributed by atoms with Crippen LogP contribution in [0.3, 0.4) is 0 Å². The maximum Gasteiger partial charge on any atom is 0.282 e. The van der Waals surface area contributed by atoms with Gasteiger partial charge in [-0.15, -0.1) is 0 Å². The molecule has 44 heavy (non-hydrogen) atoms. The highest BCUT2D eigenvalue weighted by molar-refractivity contribution is 9.13. The highest BCUT2D eigenvalue weighted by atomic mass is 79.9. The van der Waals surface area contributed by atoms with Crippen molar-refractivity contribution >= 4 is 59.9 Å². The van der Waals surface area contributed by atoms with Gasteiger partial charge < -0.3 is 18.6 Å². The molecule has 0 fully saturated rings. The molecule has 0 radical (unpaired) electrons. The van der Waals surface area contributed by atoms with Gasteiger partial charge in [0.25, 0.3) is 5.56 Å². The van der Waals surface area contributed by atoms with E-state index >= 15 is 0 Å². The Morgan fingerprint density at radius 1 is 0.955 bits per heavy atom. The molecule has 0 aliphatic heterocycles. The van der Waals surface area contributed by atoms with Gasteiger partial charge in [-0.2, -0.15) is 9.78 Å². The number of furan rings is 1. The van der Waals surface area contributed by atoms with Gasteiger partial charge in [0.05, 0.1) is 40.7 Å². The van der Waals surface area contributed by atoms with E-state index in [2.05, 4.69) is 37.0 Å². The molecule has 0 aliphatic rings. The number of halogens is 3. The van der Waals surface area contributed by atoms with Gasteiger partial charge in [0.15, 0.2) is 17.3 Å². The standard InChI is InChI=1S/C33H24Br2FN3O5/c1-3-42-27-15-20(29(34)30(35)31(27)43-18-19-11-13-21(36)14-12-19)17-37-39-32(38-24-8-5-4-7-22(24)33(39)40)28-16-23-25(41-2)9-6-10-26(23)44-28/h4-17H,3,18H2,1-2H3. The highest BCUT2D eigenvalue weighted by Crippen LogP contribution is 2.43. The van der Waals surface area contributed by atoms with Crippen LogP contribution in [-0.2, 0) is 6.61 Å². The van der Waals surface area contributed by atoms with Gasteiger partial charge in [0.2, 0.25) is 5.82 Å². The monoisotopic (exact) mass is 719 g/mol. The minimum Gasteiger partial charge on any atom is -0.496 e. The average Bonchev–Trinajstić information content (AvgIpc) is 3.48. The predicted molar refractivity (Wildman–Crippen MR) is 174 cm³/mol. The minimum absolute atomic E-state index is 0.197. The summed E-state index contributed by atoms with van der Waals surface area (Å²) in [6, 6.07) is 22.2. The van der Waals surface area contributed by atoms with Crippen molar-refractivity contribution < 1.29 is 23.0 Å². The van der Waals surface area contributed by atoms with E-state index in [9.17, 15) is 9.18 Å². The Labute approximate surface area is 268 Å². The first-order valence-corrected chi connectivity index (χ1v) is 15.1. The molecule has 0 spiro atoms. The Hall–Kier alpha value is -4.48. The summed E-state index contributed by atoms with van der Waals surface area (Å²) < 4.78 is 39.4. The third-order valence-corrected chi connectivity index (χ3v) is 8.92. The van der Waals surface area contributed by atoms with Crippen LogP contribution in [0.5, 0.6) is 17.2 Å². The zero-order valence-electron chi connectivity index (χ0n) is 23.5. The van der Waals surface area contributed by atoms with E-state index < -0.39 is 0 Å². The highest BCUT2D eigenvalue weighted by Gasteiger charge is 2.20. The molecule has 0 saturated carbocycles. The SMILES string of the molecule is CCOc1cc(C=Nn2c(-c3cc4c(OC)cccc4o3)nc3ccccc3c2=O)c(Br)c(Br)c1OCc1ccc(F)cc1. The van der Waals surface area contributed by atoms with Gasteiger partial charge in [0.1, 0.15) is 23.8 Å². The number of nitrogens with zero attached hydrogens (tertiary/aromatic N) is 3. The van der Waals surface area contributed by atoms with Crippen molar-refractivity contribution in [2.24, 2.45) is 5.10 Å². The first-order valence-electron chi connectivity index (χ1n) is 13.5. The molecule has 6 rings (SSSR count). The van der Waals surface area contributed by atoms with E-state index in [-0.39, 0.29) is 23.8 Å². The Bertz CT molecular complexity index is 2090. The summed E-state index contributed by atoms with van der Waals surface area (Å²) >= 11 is 7.24. The maximum atomic E-state index is 13.8. The molecule has 4 aromatic carbocycles. The number of hydrogen-bond acceptors (Lipinski definition) is 7. The van der Waals surface area contributed by atoms with E-state index in [0.717, 1.165) is 10.9 Å². The fourth-order valence-corrected chi connectivity index (χ4v) is 5.60. The first kappa shape index (κ1) is 29.6. The number of benzene rings is 4. The second kappa shape index (κ2) is 12.6. The maximum absolute atomic E-state index is 13.8. The van der Waals surface area contributed by atoms with Gasteiger partial charge in [0, 0.05) is 10.0 Å². The number of ether oxygens (including phenoxy) is 3. The average molecular weight is 721 g/mol. The summed E-state index contributed by atoms with van der Waals surface area (Å²) in [5.41, 5.74) is 2.13. The molecule has 0 atom stereocenters. The summed E-state index contributed by atoms with van der Waals surface area (Å²) in [7, 11) is 1.58. The Balaban J connectivity index is 1.44. The van der Waals surface area contributed by atoms with Crippen LogP contribution in [0.4, 0.5) is 4.39 Å². The zero-order valence-corrected chi connectivity index (χ0v) is 26.7. The lowest BCUT2D eigenvalue weighted by Crippen LogP contribution is -2.20. The largest absolute Gasteiger partial charge is 0.496 e. The van der Waals surface area contributed by atoms with Crippen molar-refractivity contribution in [2.75, 3.05) is 13.7 Å². The molecule has 2 heterocycles. The summed E-state index contributed by atoms with van der Waals surface area (Å²) in [6.45, 7) is 2.44. The van der Waals surface area contributed by atoms with E-state index in [1.807, 2.05) is 31.2 Å². The molecule has 222 valence electrons. The lowest BCUT2D eigenvalue weighted by atomic mass is 10.2. The molecule has 2 aromatic heterocycles. The summed E-state index contributed by atoms with van der Waals surface area (Å²) in [4.78, 5) is 18.5. The Morgan fingerprint density at radius 2 is 1.75 bits per heavy atom. The topological polar surface area (TPSA) is 88.1 Å². The van der Waals surface area contributed by atoms with Crippen molar-refractivity contribution in [3.05, 3.63) is 115 Å². The van der Waals surface area contributed by atoms with Crippen LogP contribution in [0, 0.1) is 5.82 Å². The summed E-state index contributed by atoms with van der Waals surface area (Å²) in [5.74, 6) is 1.81. The number of rotatable bonds is 9. The Kier molecular flexibility index (Phi) is 8.49. The smallest absolute Gasteiger partial charge is 0.282 e. The van der Waals surface area contributed by atoms with Crippen LogP contribution in [0.1, 0.15) is 18.1 Å². The molecule has 0 bridgehead atoms. The lowest BCUT2D eigenvalue weighted by molar-refractivity contribution is 0.267. The third kappa shape index (κ3) is 5.72. The van der Waals surface area contributed by atoms with Crippen LogP contribution in [-0.4, -0.2) is 29.6 Å². The minimum atomic E-state index is -0.367. The fraction of sp³-hybridized carbons (Fsp3) is 0.121. The second-order valence-corrected chi connectivity index (χ2v) is 11.2. The normalized spacial score (nSPS) is 11.5.